The summed E-state index contributed by atoms with van der Waals surface area (Å²) in [7, 11) is 1.52. The molecule has 0 aliphatic carbocycles. The molecule has 0 radical (unpaired) electrons. The van der Waals surface area contributed by atoms with Crippen LogP contribution in [0, 0.1) is 6.92 Å². The van der Waals surface area contributed by atoms with Crippen LogP contribution in [0.5, 0.6) is 0 Å². The van der Waals surface area contributed by atoms with Crippen LogP contribution in [-0.2, 0) is 11.3 Å². The average molecular weight is 380 g/mol. The molecule has 2 N–H and O–H groups in total. The van der Waals surface area contributed by atoms with Gasteiger partial charge in [0.2, 0.25) is 0 Å². The molecule has 0 spiro atoms. The number of carbonyl (C=O) groups is 2. The lowest BCUT2D eigenvalue weighted by atomic mass is 10.1. The number of nitrogens with zero attached hydrogens (tertiary/aromatic N) is 2. The molecule has 0 atom stereocenters. The van der Waals surface area contributed by atoms with Gasteiger partial charge >= 0.3 is 0 Å². The van der Waals surface area contributed by atoms with Gasteiger partial charge in [-0.2, -0.15) is 0 Å². The molecule has 7 nitrogen and oxygen atoms in total. The first-order valence-corrected chi connectivity index (χ1v) is 9.17. The summed E-state index contributed by atoms with van der Waals surface area (Å²) in [6.07, 6.45) is 0. The molecule has 4 aromatic rings. The van der Waals surface area contributed by atoms with Crippen molar-refractivity contribution in [1.29, 1.82) is 0 Å². The number of rotatable bonds is 4. The minimum atomic E-state index is -0.657. The van der Waals surface area contributed by atoms with E-state index in [-0.39, 0.29) is 12.1 Å². The molecule has 8 heteroatoms. The van der Waals surface area contributed by atoms with E-state index in [4.69, 9.17) is 0 Å². The molecule has 3 aromatic heterocycles. The van der Waals surface area contributed by atoms with Crippen molar-refractivity contribution in [2.24, 2.45) is 0 Å². The number of H-pyrrole nitrogens is 2. The first-order valence-electron chi connectivity index (χ1n) is 8.29. The summed E-state index contributed by atoms with van der Waals surface area (Å²) in [5.74, 6) is -0.910. The lowest BCUT2D eigenvalue weighted by molar-refractivity contribution is -0.125. The highest BCUT2D eigenvalue weighted by Gasteiger charge is 2.26. The van der Waals surface area contributed by atoms with Crippen LogP contribution in [0.25, 0.3) is 21.1 Å². The third-order valence-corrected chi connectivity index (χ3v) is 5.31. The topological polar surface area (TPSA) is 98.9 Å². The van der Waals surface area contributed by atoms with Gasteiger partial charge in [0.1, 0.15) is 10.5 Å². The third-order valence-electron chi connectivity index (χ3n) is 4.41. The summed E-state index contributed by atoms with van der Waals surface area (Å²) in [5, 5.41) is 2.50. The zero-order valence-corrected chi connectivity index (χ0v) is 15.5. The Balaban J connectivity index is 1.62. The highest BCUT2D eigenvalue weighted by molar-refractivity contribution is 7.17. The molecule has 0 aliphatic rings. The van der Waals surface area contributed by atoms with E-state index in [1.165, 1.54) is 23.3 Å². The summed E-state index contributed by atoms with van der Waals surface area (Å²) < 4.78 is 0.540. The minimum Gasteiger partial charge on any atom is -0.358 e. The van der Waals surface area contributed by atoms with Gasteiger partial charge in [0.15, 0.2) is 0 Å². The number of benzene rings is 1. The quantitative estimate of drug-likeness (QED) is 0.420. The number of aryl methyl sites for hydroxylation is 1. The maximum Gasteiger partial charge on any atom is 0.295 e. The number of likely N-dealkylation sites (N-methyl/N-ethyl adjacent to an activating group) is 1. The molecule has 0 saturated carbocycles. The molecule has 27 heavy (non-hydrogen) atoms. The van der Waals surface area contributed by atoms with Crippen molar-refractivity contribution >= 4 is 44.1 Å². The van der Waals surface area contributed by atoms with E-state index in [9.17, 15) is 14.4 Å². The smallest absolute Gasteiger partial charge is 0.295 e. The Hall–Kier alpha value is -3.26. The molecule has 136 valence electrons. The van der Waals surface area contributed by atoms with Crippen LogP contribution in [0.4, 0.5) is 0 Å². The SMILES string of the molecule is Cc1[nH]c2ccccc2c1C(=O)C(=O)N(C)Cc1nc2ccsc2c(=O)[nH]1. The Kier molecular flexibility index (Phi) is 4.12. The van der Waals surface area contributed by atoms with Crippen LogP contribution < -0.4 is 5.56 Å². The monoisotopic (exact) mass is 380 g/mol. The van der Waals surface area contributed by atoms with Crippen LogP contribution in [0.15, 0.2) is 40.5 Å². The van der Waals surface area contributed by atoms with Gasteiger partial charge in [-0.15, -0.1) is 11.3 Å². The maximum atomic E-state index is 12.8. The van der Waals surface area contributed by atoms with E-state index in [2.05, 4.69) is 15.0 Å². The molecule has 1 amide bonds. The Morgan fingerprint density at radius 2 is 1.96 bits per heavy atom. The molecular weight excluding hydrogens is 364 g/mol. The van der Waals surface area contributed by atoms with Gasteiger partial charge in [-0.1, -0.05) is 18.2 Å². The number of nitrogens with one attached hydrogen (secondary N) is 2. The van der Waals surface area contributed by atoms with E-state index in [0.717, 1.165) is 5.52 Å². The summed E-state index contributed by atoms with van der Waals surface area (Å²) in [6, 6.07) is 9.11. The fraction of sp³-hybridized carbons (Fsp3) is 0.158. The number of fused-ring (bicyclic) bond motifs is 2. The van der Waals surface area contributed by atoms with E-state index < -0.39 is 11.7 Å². The van der Waals surface area contributed by atoms with Gasteiger partial charge < -0.3 is 14.9 Å². The molecule has 0 aliphatic heterocycles. The van der Waals surface area contributed by atoms with Crippen molar-refractivity contribution in [3.63, 3.8) is 0 Å². The van der Waals surface area contributed by atoms with E-state index in [1.807, 2.05) is 24.3 Å². The van der Waals surface area contributed by atoms with Gasteiger partial charge in [-0.05, 0) is 24.4 Å². The Bertz CT molecular complexity index is 1250. The summed E-state index contributed by atoms with van der Waals surface area (Å²) >= 11 is 1.31. The van der Waals surface area contributed by atoms with Gasteiger partial charge in [-0.3, -0.25) is 14.4 Å². The number of Topliss-reactive ketones (excluding diaryl/α,β-unsaturated/α-hetero) is 1. The number of thiophene rings is 1. The highest BCUT2D eigenvalue weighted by atomic mass is 32.1. The number of aromatic nitrogens is 3. The molecule has 0 fully saturated rings. The largest absolute Gasteiger partial charge is 0.358 e. The number of para-hydroxylation sites is 1. The van der Waals surface area contributed by atoms with Crippen LogP contribution in [-0.4, -0.2) is 38.6 Å². The maximum absolute atomic E-state index is 12.8. The van der Waals surface area contributed by atoms with Crippen molar-refractivity contribution in [2.75, 3.05) is 7.05 Å². The number of hydrogen-bond donors (Lipinski definition) is 2. The molecule has 4 rings (SSSR count). The second-order valence-electron chi connectivity index (χ2n) is 6.31. The van der Waals surface area contributed by atoms with Gasteiger partial charge in [-0.25, -0.2) is 4.98 Å². The number of amides is 1. The lowest BCUT2D eigenvalue weighted by Crippen LogP contribution is -2.34. The first-order chi connectivity index (χ1) is 13.0. The molecule has 3 heterocycles. The summed E-state index contributed by atoms with van der Waals surface area (Å²) in [6.45, 7) is 1.80. The van der Waals surface area contributed by atoms with Crippen LogP contribution in [0.3, 0.4) is 0 Å². The van der Waals surface area contributed by atoms with Crippen molar-refractivity contribution < 1.29 is 9.59 Å². The van der Waals surface area contributed by atoms with Crippen LogP contribution >= 0.6 is 11.3 Å². The third kappa shape index (κ3) is 2.93. The fourth-order valence-corrected chi connectivity index (χ4v) is 3.87. The zero-order valence-electron chi connectivity index (χ0n) is 14.7. The summed E-state index contributed by atoms with van der Waals surface area (Å²) in [4.78, 5) is 49.0. The number of ketones is 1. The second kappa shape index (κ2) is 6.48. The minimum absolute atomic E-state index is 0.0347. The number of carbonyl (C=O) groups excluding carboxylic acids is 2. The molecule has 0 bridgehead atoms. The predicted octanol–water partition coefficient (Wildman–Crippen LogP) is 2.62. The van der Waals surface area contributed by atoms with E-state index in [0.29, 0.717) is 32.7 Å². The number of aromatic amines is 2. The predicted molar refractivity (Wildman–Crippen MR) is 104 cm³/mol. The van der Waals surface area contributed by atoms with E-state index >= 15 is 0 Å². The van der Waals surface area contributed by atoms with E-state index in [1.54, 1.807) is 18.4 Å². The molecule has 1 aromatic carbocycles. The molecule has 0 saturated heterocycles. The Labute approximate surface area is 157 Å². The zero-order chi connectivity index (χ0) is 19.1. The number of hydrogen-bond acceptors (Lipinski definition) is 5. The van der Waals surface area contributed by atoms with Gasteiger partial charge in [0.05, 0.1) is 17.6 Å². The van der Waals surface area contributed by atoms with Crippen molar-refractivity contribution in [2.45, 2.75) is 13.5 Å². The van der Waals surface area contributed by atoms with Crippen LogP contribution in [0.2, 0.25) is 0 Å². The lowest BCUT2D eigenvalue weighted by Gasteiger charge is -2.15. The fourth-order valence-electron chi connectivity index (χ4n) is 3.14. The van der Waals surface area contributed by atoms with Crippen molar-refractivity contribution in [3.8, 4) is 0 Å². The highest BCUT2D eigenvalue weighted by Crippen LogP contribution is 2.23. The van der Waals surface area contributed by atoms with Crippen LogP contribution in [0.1, 0.15) is 21.9 Å². The average Bonchev–Trinajstić information content (AvgIpc) is 3.24. The normalized spacial score (nSPS) is 11.2. The first kappa shape index (κ1) is 17.2. The second-order valence-corrected chi connectivity index (χ2v) is 7.22. The van der Waals surface area contributed by atoms with Gasteiger partial charge in [0, 0.05) is 23.6 Å². The molecule has 0 unspecified atom stereocenters. The Morgan fingerprint density at radius 1 is 1.19 bits per heavy atom. The standard InChI is InChI=1S/C19H16N4O3S/c1-10-15(11-5-3-4-6-12(11)20-10)16(24)19(26)23(2)9-14-21-13-7-8-27-17(13)18(25)22-14/h3-8,20H,9H2,1-2H3,(H,21,22,25). The summed E-state index contributed by atoms with van der Waals surface area (Å²) in [5.41, 5.74) is 2.16. The Morgan fingerprint density at radius 3 is 2.78 bits per heavy atom. The van der Waals surface area contributed by atoms with Crippen molar-refractivity contribution in [3.05, 3.63) is 63.1 Å². The molecular formula is C19H16N4O3S. The van der Waals surface area contributed by atoms with Gasteiger partial charge in [0.25, 0.3) is 17.2 Å². The van der Waals surface area contributed by atoms with Crippen molar-refractivity contribution in [1.82, 2.24) is 19.9 Å².